The Hall–Kier alpha value is -2.73. The van der Waals surface area contributed by atoms with Gasteiger partial charge in [0, 0.05) is 0 Å². The van der Waals surface area contributed by atoms with Gasteiger partial charge in [0.25, 0.3) is 5.91 Å². The zero-order valence-corrected chi connectivity index (χ0v) is 16.9. The van der Waals surface area contributed by atoms with E-state index in [0.29, 0.717) is 21.6 Å². The number of rotatable bonds is 4. The van der Waals surface area contributed by atoms with Crippen LogP contribution in [-0.2, 0) is 4.79 Å². The van der Waals surface area contributed by atoms with Crippen LogP contribution in [0.3, 0.4) is 0 Å². The molecule has 0 radical (unpaired) electrons. The van der Waals surface area contributed by atoms with Crippen LogP contribution in [0.1, 0.15) is 22.3 Å². The van der Waals surface area contributed by atoms with Crippen molar-refractivity contribution in [1.82, 2.24) is 5.32 Å². The number of thioether (sulfide) groups is 1. The molecule has 1 amide bonds. The number of nitrogens with zero attached hydrogens (tertiary/aromatic N) is 1. The highest BCUT2D eigenvalue weighted by atomic mass is 32.2. The summed E-state index contributed by atoms with van der Waals surface area (Å²) in [5.74, 6) is 1.14. The lowest BCUT2D eigenvalue weighted by molar-refractivity contribution is -0.115. The van der Waals surface area contributed by atoms with Gasteiger partial charge in [-0.05, 0) is 79.1 Å². The normalized spacial score (nSPS) is 16.7. The number of hydrogen-bond acceptors (Lipinski definition) is 5. The molecule has 1 fully saturated rings. The first-order chi connectivity index (χ1) is 12.9. The van der Waals surface area contributed by atoms with E-state index in [1.807, 2.05) is 57.2 Å². The number of methoxy groups -OCH3 is 2. The molecule has 2 aromatic carbocycles. The predicted molar refractivity (Wildman–Crippen MR) is 111 cm³/mol. The Morgan fingerprint density at radius 2 is 1.74 bits per heavy atom. The van der Waals surface area contributed by atoms with Gasteiger partial charge in [-0.3, -0.25) is 4.79 Å². The van der Waals surface area contributed by atoms with Crippen molar-refractivity contribution < 1.29 is 14.3 Å². The Kier molecular flexibility index (Phi) is 5.56. The molecule has 0 atom stereocenters. The average Bonchev–Trinajstić information content (AvgIpc) is 2.99. The smallest absolute Gasteiger partial charge is 0.264 e. The minimum Gasteiger partial charge on any atom is -0.493 e. The van der Waals surface area contributed by atoms with Gasteiger partial charge in [0.15, 0.2) is 16.7 Å². The molecule has 0 spiro atoms. The summed E-state index contributed by atoms with van der Waals surface area (Å²) >= 11 is 1.33. The van der Waals surface area contributed by atoms with Crippen molar-refractivity contribution in [3.05, 3.63) is 57.5 Å². The molecule has 6 heteroatoms. The van der Waals surface area contributed by atoms with E-state index < -0.39 is 0 Å². The molecule has 1 heterocycles. The zero-order chi connectivity index (χ0) is 19.6. The third kappa shape index (κ3) is 4.01. The van der Waals surface area contributed by atoms with Crippen molar-refractivity contribution in [2.75, 3.05) is 14.2 Å². The lowest BCUT2D eigenvalue weighted by atomic mass is 10.1. The maximum absolute atomic E-state index is 12.4. The molecule has 1 N–H and O–H groups in total. The maximum atomic E-state index is 12.4. The van der Waals surface area contributed by atoms with Crippen molar-refractivity contribution in [3.63, 3.8) is 0 Å². The van der Waals surface area contributed by atoms with E-state index >= 15 is 0 Å². The average molecular weight is 382 g/mol. The summed E-state index contributed by atoms with van der Waals surface area (Å²) in [4.78, 5) is 17.6. The molecule has 0 aliphatic carbocycles. The van der Waals surface area contributed by atoms with E-state index in [9.17, 15) is 4.79 Å². The zero-order valence-electron chi connectivity index (χ0n) is 16.0. The second kappa shape index (κ2) is 7.88. The number of carbonyl (C=O) groups excluding carboxylic acids is 1. The monoisotopic (exact) mass is 382 g/mol. The number of nitrogens with one attached hydrogen (secondary N) is 1. The third-order valence-corrected chi connectivity index (χ3v) is 5.42. The summed E-state index contributed by atoms with van der Waals surface area (Å²) in [5, 5.41) is 3.42. The summed E-state index contributed by atoms with van der Waals surface area (Å²) in [5.41, 5.74) is 5.03. The van der Waals surface area contributed by atoms with Crippen LogP contribution in [0.25, 0.3) is 6.08 Å². The second-order valence-electron chi connectivity index (χ2n) is 6.26. The SMILES string of the molecule is COc1cc(C)c(/C=C2\SC(=Nc3cccc(C)c3C)NC2=O)cc1OC. The molecule has 0 aromatic heterocycles. The van der Waals surface area contributed by atoms with Crippen molar-refractivity contribution in [3.8, 4) is 11.5 Å². The fraction of sp³-hybridized carbons (Fsp3) is 0.238. The van der Waals surface area contributed by atoms with Gasteiger partial charge < -0.3 is 14.8 Å². The number of benzene rings is 2. The number of amidine groups is 1. The van der Waals surface area contributed by atoms with Gasteiger partial charge >= 0.3 is 0 Å². The highest BCUT2D eigenvalue weighted by Crippen LogP contribution is 2.34. The molecule has 140 valence electrons. The van der Waals surface area contributed by atoms with E-state index in [2.05, 4.69) is 10.3 Å². The van der Waals surface area contributed by atoms with E-state index in [4.69, 9.17) is 9.47 Å². The molecule has 1 aliphatic heterocycles. The Bertz CT molecular complexity index is 964. The Morgan fingerprint density at radius 1 is 1.04 bits per heavy atom. The molecule has 1 aliphatic rings. The van der Waals surface area contributed by atoms with Crippen molar-refractivity contribution in [1.29, 1.82) is 0 Å². The standard InChI is InChI=1S/C21H22N2O3S/c1-12-7-6-8-16(14(12)3)22-21-23-20(24)19(27-21)11-15-10-18(26-5)17(25-4)9-13(15)2/h6-11H,1-5H3,(H,22,23,24)/b19-11-. The highest BCUT2D eigenvalue weighted by molar-refractivity contribution is 8.18. The Labute approximate surface area is 163 Å². The van der Waals surface area contributed by atoms with Crippen LogP contribution in [0.15, 0.2) is 40.2 Å². The number of carbonyl (C=O) groups is 1. The Balaban J connectivity index is 1.92. The van der Waals surface area contributed by atoms with Crippen LogP contribution in [0.2, 0.25) is 0 Å². The fourth-order valence-electron chi connectivity index (χ4n) is 2.74. The molecule has 5 nitrogen and oxygen atoms in total. The minimum absolute atomic E-state index is 0.154. The van der Waals surface area contributed by atoms with E-state index in [0.717, 1.165) is 22.4 Å². The Morgan fingerprint density at radius 3 is 2.44 bits per heavy atom. The number of hydrogen-bond donors (Lipinski definition) is 1. The molecular formula is C21H22N2O3S. The lowest BCUT2D eigenvalue weighted by Crippen LogP contribution is -2.19. The lowest BCUT2D eigenvalue weighted by Gasteiger charge is -2.10. The number of aryl methyl sites for hydroxylation is 2. The van der Waals surface area contributed by atoms with Crippen LogP contribution in [0, 0.1) is 20.8 Å². The van der Waals surface area contributed by atoms with Crippen molar-refractivity contribution in [2.24, 2.45) is 4.99 Å². The molecule has 0 bridgehead atoms. The summed E-state index contributed by atoms with van der Waals surface area (Å²) in [6.45, 7) is 6.04. The molecular weight excluding hydrogens is 360 g/mol. The summed E-state index contributed by atoms with van der Waals surface area (Å²) in [7, 11) is 3.20. The van der Waals surface area contributed by atoms with Crippen LogP contribution in [0.4, 0.5) is 5.69 Å². The van der Waals surface area contributed by atoms with E-state index in [1.54, 1.807) is 14.2 Å². The summed E-state index contributed by atoms with van der Waals surface area (Å²) in [6.07, 6.45) is 1.85. The van der Waals surface area contributed by atoms with Gasteiger partial charge in [-0.25, -0.2) is 4.99 Å². The van der Waals surface area contributed by atoms with Crippen molar-refractivity contribution >= 4 is 34.6 Å². The van der Waals surface area contributed by atoms with Crippen LogP contribution >= 0.6 is 11.8 Å². The van der Waals surface area contributed by atoms with Crippen molar-refractivity contribution in [2.45, 2.75) is 20.8 Å². The van der Waals surface area contributed by atoms with Gasteiger partial charge in [-0.15, -0.1) is 0 Å². The molecule has 2 aromatic rings. The van der Waals surface area contributed by atoms with Gasteiger partial charge in [-0.1, -0.05) is 12.1 Å². The number of aliphatic imine (C=N–C) groups is 1. The van der Waals surface area contributed by atoms with Gasteiger partial charge in [-0.2, -0.15) is 0 Å². The van der Waals surface area contributed by atoms with Gasteiger partial charge in [0.2, 0.25) is 0 Å². The van der Waals surface area contributed by atoms with Crippen LogP contribution in [-0.4, -0.2) is 25.3 Å². The molecule has 0 unspecified atom stereocenters. The first-order valence-corrected chi connectivity index (χ1v) is 9.33. The maximum Gasteiger partial charge on any atom is 0.264 e. The largest absolute Gasteiger partial charge is 0.493 e. The predicted octanol–water partition coefficient (Wildman–Crippen LogP) is 4.52. The van der Waals surface area contributed by atoms with Crippen LogP contribution < -0.4 is 14.8 Å². The van der Waals surface area contributed by atoms with E-state index in [1.165, 1.54) is 17.3 Å². The summed E-state index contributed by atoms with van der Waals surface area (Å²) < 4.78 is 10.7. The fourth-order valence-corrected chi connectivity index (χ4v) is 3.57. The molecule has 3 rings (SSSR count). The summed E-state index contributed by atoms with van der Waals surface area (Å²) in [6, 6.07) is 9.72. The second-order valence-corrected chi connectivity index (χ2v) is 7.30. The van der Waals surface area contributed by atoms with Gasteiger partial charge in [0.05, 0.1) is 24.8 Å². The molecule has 1 saturated heterocycles. The first-order valence-electron chi connectivity index (χ1n) is 8.51. The molecule has 0 saturated carbocycles. The number of amides is 1. The third-order valence-electron chi connectivity index (χ3n) is 4.51. The van der Waals surface area contributed by atoms with Crippen LogP contribution in [0.5, 0.6) is 11.5 Å². The highest BCUT2D eigenvalue weighted by Gasteiger charge is 2.24. The van der Waals surface area contributed by atoms with Gasteiger partial charge in [0.1, 0.15) is 0 Å². The topological polar surface area (TPSA) is 59.9 Å². The minimum atomic E-state index is -0.154. The molecule has 27 heavy (non-hydrogen) atoms. The number of ether oxygens (including phenoxy) is 2. The van der Waals surface area contributed by atoms with E-state index in [-0.39, 0.29) is 5.91 Å². The first kappa shape index (κ1) is 19.0. The quantitative estimate of drug-likeness (QED) is 0.790.